The van der Waals surface area contributed by atoms with Crippen molar-refractivity contribution in [1.29, 1.82) is 0 Å². The number of hydrogen-bond donors (Lipinski definition) is 0. The van der Waals surface area contributed by atoms with Crippen LogP contribution in [0.4, 0.5) is 5.69 Å². The van der Waals surface area contributed by atoms with Crippen molar-refractivity contribution in [3.63, 3.8) is 0 Å². The summed E-state index contributed by atoms with van der Waals surface area (Å²) in [6.07, 6.45) is 1.93. The molecule has 6 rings (SSSR count). The molecular weight excluding hydrogens is 428 g/mol. The molecule has 7 heteroatoms. The fraction of sp³-hybridized carbons (Fsp3) is 0.333. The summed E-state index contributed by atoms with van der Waals surface area (Å²) in [6, 6.07) is 14.7. The molecule has 2 amide bonds. The molecule has 0 bridgehead atoms. The third-order valence-corrected chi connectivity index (χ3v) is 8.21. The molecule has 172 valence electrons. The van der Waals surface area contributed by atoms with E-state index < -0.39 is 23.0 Å². The van der Waals surface area contributed by atoms with Crippen LogP contribution >= 0.6 is 0 Å². The van der Waals surface area contributed by atoms with E-state index in [4.69, 9.17) is 4.98 Å². The maximum absolute atomic E-state index is 13.7. The van der Waals surface area contributed by atoms with E-state index in [1.165, 1.54) is 4.57 Å². The number of benzene rings is 2. The molecular formula is C27H26N4O3. The molecule has 1 saturated heterocycles. The summed E-state index contributed by atoms with van der Waals surface area (Å²) in [6.45, 7) is 9.80. The molecule has 3 aliphatic rings. The van der Waals surface area contributed by atoms with Crippen LogP contribution in [0.3, 0.4) is 0 Å². The van der Waals surface area contributed by atoms with Gasteiger partial charge in [0.25, 0.3) is 5.56 Å². The third kappa shape index (κ3) is 2.31. The number of fused-ring (bicyclic) bond motifs is 8. The van der Waals surface area contributed by atoms with Crippen LogP contribution in [0.15, 0.2) is 66.0 Å². The number of carbonyl (C=O) groups is 2. The molecule has 0 N–H and O–H groups in total. The Kier molecular flexibility index (Phi) is 4.08. The molecule has 0 saturated carbocycles. The van der Waals surface area contributed by atoms with E-state index in [2.05, 4.69) is 26.5 Å². The lowest BCUT2D eigenvalue weighted by Gasteiger charge is -2.45. The number of allylic oxidation sites excluding steroid dienone is 1. The number of nitrogens with zero attached hydrogens (tertiary/aromatic N) is 4. The Bertz CT molecular complexity index is 1470. The van der Waals surface area contributed by atoms with E-state index in [0.29, 0.717) is 23.1 Å². The fourth-order valence-electron chi connectivity index (χ4n) is 6.51. The normalized spacial score (nSPS) is 25.1. The van der Waals surface area contributed by atoms with E-state index in [1.54, 1.807) is 24.0 Å². The van der Waals surface area contributed by atoms with Crippen molar-refractivity contribution in [2.24, 2.45) is 5.41 Å². The second kappa shape index (κ2) is 6.65. The van der Waals surface area contributed by atoms with Crippen LogP contribution in [0.1, 0.15) is 44.6 Å². The first-order valence-corrected chi connectivity index (χ1v) is 11.6. The van der Waals surface area contributed by atoms with Gasteiger partial charge in [0.05, 0.1) is 16.9 Å². The topological polar surface area (TPSA) is 75.5 Å². The summed E-state index contributed by atoms with van der Waals surface area (Å²) in [5.74, 6) is 0.280. The van der Waals surface area contributed by atoms with Gasteiger partial charge in [-0.15, -0.1) is 6.58 Å². The van der Waals surface area contributed by atoms with Crippen molar-refractivity contribution < 1.29 is 9.59 Å². The quantitative estimate of drug-likeness (QED) is 0.555. The molecule has 2 unspecified atom stereocenters. The van der Waals surface area contributed by atoms with Gasteiger partial charge in [0.2, 0.25) is 11.8 Å². The zero-order valence-electron chi connectivity index (χ0n) is 19.5. The van der Waals surface area contributed by atoms with Crippen molar-refractivity contribution in [3.8, 4) is 0 Å². The second-order valence-electron chi connectivity index (χ2n) is 10.1. The maximum atomic E-state index is 13.7. The number of amides is 2. The number of hydrogen-bond acceptors (Lipinski definition) is 4. The molecule has 1 aromatic heterocycles. The van der Waals surface area contributed by atoms with E-state index >= 15 is 0 Å². The third-order valence-electron chi connectivity index (χ3n) is 8.21. The molecule has 0 aliphatic carbocycles. The maximum Gasteiger partial charge on any atom is 0.261 e. The lowest BCUT2D eigenvalue weighted by molar-refractivity contribution is -0.138. The van der Waals surface area contributed by atoms with Crippen LogP contribution in [-0.2, 0) is 21.5 Å². The first kappa shape index (κ1) is 20.8. The predicted molar refractivity (Wildman–Crippen MR) is 129 cm³/mol. The van der Waals surface area contributed by atoms with Gasteiger partial charge in [-0.3, -0.25) is 23.9 Å². The van der Waals surface area contributed by atoms with Crippen LogP contribution in [0.25, 0.3) is 10.9 Å². The van der Waals surface area contributed by atoms with Gasteiger partial charge in [0.1, 0.15) is 18.5 Å². The van der Waals surface area contributed by atoms with Crippen LogP contribution in [0.5, 0.6) is 0 Å². The van der Waals surface area contributed by atoms with Gasteiger partial charge in [-0.2, -0.15) is 0 Å². The van der Waals surface area contributed by atoms with Crippen molar-refractivity contribution >= 4 is 28.4 Å². The Morgan fingerprint density at radius 2 is 1.85 bits per heavy atom. The van der Waals surface area contributed by atoms with Crippen molar-refractivity contribution in [2.75, 3.05) is 4.90 Å². The standard InChI is InChI=1S/C27H26N4O3/c1-5-26(3,4)27-14-21-23-28-19-12-8-6-10-17(19)24(34)29(23)15-22(33)31(21)25(27)30(16(2)32)20-13-9-7-11-18(20)27/h5-13,21,25H,1,14-15H2,2-4H3/t21-,25?,27?/m0/s1. The van der Waals surface area contributed by atoms with Crippen LogP contribution in [0.2, 0.25) is 0 Å². The minimum Gasteiger partial charge on any atom is -0.309 e. The molecule has 3 atom stereocenters. The van der Waals surface area contributed by atoms with E-state index in [0.717, 1.165) is 11.3 Å². The highest BCUT2D eigenvalue weighted by Crippen LogP contribution is 2.65. The summed E-state index contributed by atoms with van der Waals surface area (Å²) < 4.78 is 1.52. The van der Waals surface area contributed by atoms with Gasteiger partial charge in [-0.1, -0.05) is 50.3 Å². The van der Waals surface area contributed by atoms with E-state index in [1.807, 2.05) is 41.3 Å². The Labute approximate surface area is 197 Å². The summed E-state index contributed by atoms with van der Waals surface area (Å²) in [7, 11) is 0. The van der Waals surface area contributed by atoms with Crippen LogP contribution in [-0.4, -0.2) is 32.4 Å². The SMILES string of the molecule is C=CC(C)(C)C12C[C@H]3c4nc5ccccc5c(=O)n4CC(=O)N3C1N(C(C)=O)c1ccccc12. The molecule has 0 radical (unpaired) electrons. The Balaban J connectivity index is 1.67. The van der Waals surface area contributed by atoms with Gasteiger partial charge in [-0.25, -0.2) is 4.98 Å². The lowest BCUT2D eigenvalue weighted by Crippen LogP contribution is -2.59. The fourth-order valence-corrected chi connectivity index (χ4v) is 6.51. The monoisotopic (exact) mass is 454 g/mol. The van der Waals surface area contributed by atoms with Crippen LogP contribution < -0.4 is 10.5 Å². The Morgan fingerprint density at radius 3 is 2.59 bits per heavy atom. The van der Waals surface area contributed by atoms with Crippen LogP contribution in [0, 0.1) is 5.41 Å². The van der Waals surface area contributed by atoms with Gasteiger partial charge in [0, 0.05) is 18.0 Å². The lowest BCUT2D eigenvalue weighted by atomic mass is 9.60. The molecule has 7 nitrogen and oxygen atoms in total. The highest BCUT2D eigenvalue weighted by atomic mass is 16.2. The van der Waals surface area contributed by atoms with E-state index in [-0.39, 0.29) is 23.9 Å². The van der Waals surface area contributed by atoms with Gasteiger partial charge >= 0.3 is 0 Å². The van der Waals surface area contributed by atoms with E-state index in [9.17, 15) is 14.4 Å². The minimum absolute atomic E-state index is 0.0916. The molecule has 3 aliphatic heterocycles. The molecule has 2 aromatic carbocycles. The number of rotatable bonds is 2. The number of anilines is 1. The van der Waals surface area contributed by atoms with Crippen molar-refractivity contribution in [1.82, 2.24) is 14.5 Å². The zero-order chi connectivity index (χ0) is 24.0. The van der Waals surface area contributed by atoms with Gasteiger partial charge in [-0.05, 0) is 35.6 Å². The Hall–Kier alpha value is -3.74. The predicted octanol–water partition coefficient (Wildman–Crippen LogP) is 3.53. The average Bonchev–Trinajstić information content (AvgIpc) is 3.32. The summed E-state index contributed by atoms with van der Waals surface area (Å²) in [5, 5.41) is 0.502. The van der Waals surface area contributed by atoms with Gasteiger partial charge in [0.15, 0.2) is 0 Å². The molecule has 4 heterocycles. The van der Waals surface area contributed by atoms with Crippen molar-refractivity contribution in [2.45, 2.75) is 51.4 Å². The second-order valence-corrected chi connectivity index (χ2v) is 10.1. The first-order valence-electron chi connectivity index (χ1n) is 11.6. The minimum atomic E-state index is -0.601. The summed E-state index contributed by atoms with van der Waals surface area (Å²) in [5.41, 5.74) is 1.21. The first-order chi connectivity index (χ1) is 16.2. The number of carbonyl (C=O) groups excluding carboxylic acids is 2. The Morgan fingerprint density at radius 1 is 1.15 bits per heavy atom. The average molecular weight is 455 g/mol. The smallest absolute Gasteiger partial charge is 0.261 e. The molecule has 0 spiro atoms. The highest BCUT2D eigenvalue weighted by molar-refractivity contribution is 5.97. The number of aromatic nitrogens is 2. The largest absolute Gasteiger partial charge is 0.309 e. The molecule has 34 heavy (non-hydrogen) atoms. The molecule has 1 fully saturated rings. The summed E-state index contributed by atoms with van der Waals surface area (Å²) in [4.78, 5) is 48.6. The molecule has 3 aromatic rings. The number of para-hydroxylation sites is 2. The van der Waals surface area contributed by atoms with Gasteiger partial charge < -0.3 is 4.90 Å². The van der Waals surface area contributed by atoms with Crippen molar-refractivity contribution in [3.05, 3.63) is 82.9 Å². The zero-order valence-corrected chi connectivity index (χ0v) is 19.5. The highest BCUT2D eigenvalue weighted by Gasteiger charge is 2.68. The summed E-state index contributed by atoms with van der Waals surface area (Å²) >= 11 is 0.